The maximum absolute atomic E-state index is 12.7. The molecule has 4 aromatic rings. The summed E-state index contributed by atoms with van der Waals surface area (Å²) in [6.07, 6.45) is 12.4. The van der Waals surface area contributed by atoms with Gasteiger partial charge in [-0.2, -0.15) is 0 Å². The lowest BCUT2D eigenvalue weighted by Crippen LogP contribution is -2.03. The van der Waals surface area contributed by atoms with Gasteiger partial charge in [-0.15, -0.1) is 0 Å². The van der Waals surface area contributed by atoms with Gasteiger partial charge in [-0.05, 0) is 117 Å². The Balaban J connectivity index is 0.000000219. The van der Waals surface area contributed by atoms with Gasteiger partial charge < -0.3 is 20.0 Å². The monoisotopic (exact) mass is 533 g/mol. The number of aldehydes is 1. The largest absolute Gasteiger partial charge is 0.494 e. The molecule has 2 aromatic carbocycles. The van der Waals surface area contributed by atoms with Crippen LogP contribution in [-0.4, -0.2) is 28.8 Å². The Bertz CT molecular complexity index is 1540. The molecule has 2 aromatic heterocycles. The van der Waals surface area contributed by atoms with Crippen LogP contribution in [0, 0.1) is 0 Å². The Morgan fingerprint density at radius 3 is 2.17 bits per heavy atom. The van der Waals surface area contributed by atoms with E-state index in [0.29, 0.717) is 12.2 Å². The van der Waals surface area contributed by atoms with Gasteiger partial charge in [-0.25, -0.2) is 0 Å². The zero-order chi connectivity index (χ0) is 27.5. The summed E-state index contributed by atoms with van der Waals surface area (Å²) in [5, 5.41) is 3.03. The summed E-state index contributed by atoms with van der Waals surface area (Å²) in [5.41, 5.74) is 11.7. The molecule has 204 valence electrons. The van der Waals surface area contributed by atoms with E-state index in [1.165, 1.54) is 48.2 Å². The smallest absolute Gasteiger partial charge is 0.256 e. The van der Waals surface area contributed by atoms with Gasteiger partial charge in [0.25, 0.3) is 5.91 Å². The minimum atomic E-state index is -0.0483. The Morgan fingerprint density at radius 1 is 0.800 bits per heavy atom. The number of aromatic amines is 2. The number of fused-ring (bicyclic) bond motifs is 3. The first-order valence-corrected chi connectivity index (χ1v) is 14.4. The number of nitrogens with one attached hydrogen (secondary N) is 3. The van der Waals surface area contributed by atoms with Crippen molar-refractivity contribution < 1.29 is 14.3 Å². The van der Waals surface area contributed by atoms with E-state index >= 15 is 0 Å². The number of anilines is 1. The number of carbonyl (C=O) groups is 2. The number of rotatable bonds is 5. The molecule has 3 N–H and O–H groups in total. The summed E-state index contributed by atoms with van der Waals surface area (Å²) in [6.45, 7) is 2.62. The zero-order valence-electron chi connectivity index (χ0n) is 22.9. The minimum Gasteiger partial charge on any atom is -0.494 e. The summed E-state index contributed by atoms with van der Waals surface area (Å²) in [4.78, 5) is 29.7. The Kier molecular flexibility index (Phi) is 7.41. The summed E-state index contributed by atoms with van der Waals surface area (Å²) in [7, 11) is 0. The van der Waals surface area contributed by atoms with E-state index in [4.69, 9.17) is 4.74 Å². The molecule has 3 aliphatic rings. The van der Waals surface area contributed by atoms with E-state index in [9.17, 15) is 9.59 Å². The van der Waals surface area contributed by atoms with Crippen molar-refractivity contribution in [3.05, 3.63) is 94.1 Å². The van der Waals surface area contributed by atoms with Crippen LogP contribution in [0.5, 0.6) is 5.75 Å². The van der Waals surface area contributed by atoms with Crippen LogP contribution in [0.2, 0.25) is 0 Å². The van der Waals surface area contributed by atoms with Gasteiger partial charge in [0.1, 0.15) is 5.75 Å². The SMILES string of the molecule is CCOc1cccc(-c2ccc3c(c2)NC(=O)C3=Cc2cc3c([nH]2)CCCC3)c1.O=Cc1cc2c([nH]1)CCCC2. The quantitative estimate of drug-likeness (QED) is 0.188. The predicted molar refractivity (Wildman–Crippen MR) is 160 cm³/mol. The lowest BCUT2D eigenvalue weighted by molar-refractivity contribution is -0.110. The van der Waals surface area contributed by atoms with Crippen LogP contribution in [0.15, 0.2) is 54.6 Å². The third-order valence-corrected chi connectivity index (χ3v) is 7.98. The Hall–Kier alpha value is -4.32. The molecule has 6 heteroatoms. The van der Waals surface area contributed by atoms with Crippen molar-refractivity contribution in [1.82, 2.24) is 9.97 Å². The summed E-state index contributed by atoms with van der Waals surface area (Å²) in [6, 6.07) is 18.3. The van der Waals surface area contributed by atoms with Crippen molar-refractivity contribution in [2.45, 2.75) is 58.3 Å². The van der Waals surface area contributed by atoms with Crippen LogP contribution in [0.1, 0.15) is 76.9 Å². The molecule has 0 fully saturated rings. The number of hydrogen-bond donors (Lipinski definition) is 3. The predicted octanol–water partition coefficient (Wildman–Crippen LogP) is 7.16. The highest BCUT2D eigenvalue weighted by molar-refractivity contribution is 6.35. The Labute approximate surface area is 234 Å². The van der Waals surface area contributed by atoms with Crippen LogP contribution in [0.4, 0.5) is 5.69 Å². The van der Waals surface area contributed by atoms with Crippen LogP contribution >= 0.6 is 0 Å². The fraction of sp³-hybridized carbons (Fsp3) is 0.294. The Morgan fingerprint density at radius 2 is 1.48 bits per heavy atom. The van der Waals surface area contributed by atoms with Crippen LogP contribution in [0.3, 0.4) is 0 Å². The molecule has 0 saturated carbocycles. The molecule has 0 spiro atoms. The van der Waals surface area contributed by atoms with Crippen molar-refractivity contribution >= 4 is 29.5 Å². The zero-order valence-corrected chi connectivity index (χ0v) is 22.9. The molecular weight excluding hydrogens is 498 g/mol. The molecule has 40 heavy (non-hydrogen) atoms. The summed E-state index contributed by atoms with van der Waals surface area (Å²) in [5.74, 6) is 0.804. The average Bonchev–Trinajstić information content (AvgIpc) is 3.68. The second-order valence-electron chi connectivity index (χ2n) is 10.7. The van der Waals surface area contributed by atoms with Gasteiger partial charge >= 0.3 is 0 Å². The highest BCUT2D eigenvalue weighted by Crippen LogP contribution is 2.37. The van der Waals surface area contributed by atoms with Crippen LogP contribution < -0.4 is 10.1 Å². The van der Waals surface area contributed by atoms with Crippen LogP contribution in [-0.2, 0) is 30.5 Å². The van der Waals surface area contributed by atoms with Gasteiger partial charge in [0.2, 0.25) is 0 Å². The molecule has 0 radical (unpaired) electrons. The number of amides is 1. The minimum absolute atomic E-state index is 0.0483. The molecule has 1 amide bonds. The fourth-order valence-corrected chi connectivity index (χ4v) is 6.00. The van der Waals surface area contributed by atoms with Crippen molar-refractivity contribution in [1.29, 1.82) is 0 Å². The van der Waals surface area contributed by atoms with E-state index in [2.05, 4.69) is 33.5 Å². The molecule has 0 saturated heterocycles. The first kappa shape index (κ1) is 25.9. The number of aryl methyl sites for hydroxylation is 4. The maximum atomic E-state index is 12.7. The fourth-order valence-electron chi connectivity index (χ4n) is 6.00. The van der Waals surface area contributed by atoms with Crippen molar-refractivity contribution in [3.8, 4) is 16.9 Å². The van der Waals surface area contributed by atoms with Gasteiger partial charge in [-0.3, -0.25) is 9.59 Å². The summed E-state index contributed by atoms with van der Waals surface area (Å²) >= 11 is 0. The normalized spacial score (nSPS) is 16.3. The van der Waals surface area contributed by atoms with Crippen molar-refractivity contribution in [2.24, 2.45) is 0 Å². The highest BCUT2D eigenvalue weighted by Gasteiger charge is 2.25. The first-order valence-electron chi connectivity index (χ1n) is 14.4. The number of benzene rings is 2. The van der Waals surface area contributed by atoms with E-state index < -0.39 is 0 Å². The molecule has 2 aliphatic carbocycles. The van der Waals surface area contributed by atoms with Gasteiger partial charge in [-0.1, -0.05) is 24.3 Å². The molecule has 1 aliphatic heterocycles. The van der Waals surface area contributed by atoms with Crippen LogP contribution in [0.25, 0.3) is 22.8 Å². The molecule has 0 atom stereocenters. The van der Waals surface area contributed by atoms with E-state index in [1.807, 2.05) is 49.4 Å². The van der Waals surface area contributed by atoms with Crippen molar-refractivity contribution in [2.75, 3.05) is 11.9 Å². The maximum Gasteiger partial charge on any atom is 0.256 e. The molecule has 6 nitrogen and oxygen atoms in total. The number of H-pyrrole nitrogens is 2. The van der Waals surface area contributed by atoms with Gasteiger partial charge in [0, 0.05) is 28.3 Å². The van der Waals surface area contributed by atoms with Gasteiger partial charge in [0.15, 0.2) is 6.29 Å². The second kappa shape index (κ2) is 11.4. The first-order chi connectivity index (χ1) is 19.6. The lowest BCUT2D eigenvalue weighted by atomic mass is 9.98. The topological polar surface area (TPSA) is 87.0 Å². The molecule has 3 heterocycles. The van der Waals surface area contributed by atoms with Gasteiger partial charge in [0.05, 0.1) is 17.9 Å². The third kappa shape index (κ3) is 5.39. The summed E-state index contributed by atoms with van der Waals surface area (Å²) < 4.78 is 5.61. The van der Waals surface area contributed by atoms with Crippen molar-refractivity contribution in [3.63, 3.8) is 0 Å². The van der Waals surface area contributed by atoms with E-state index in [0.717, 1.165) is 71.5 Å². The lowest BCUT2D eigenvalue weighted by Gasteiger charge is -2.08. The third-order valence-electron chi connectivity index (χ3n) is 7.98. The standard InChI is InChI=1S/C25H24N2O2.C9H11NO/c1-2-29-20-8-5-7-16(13-20)17-10-11-21-22(25(28)27-24(21)14-17)15-19-12-18-6-3-4-9-23(18)26-19;11-6-8-5-7-3-1-2-4-9(7)10-8/h5,7-8,10-15,26H,2-4,6,9H2,1H3,(H,27,28);5-6,10H,1-4H2. The highest BCUT2D eigenvalue weighted by atomic mass is 16.5. The number of aromatic nitrogens is 2. The molecule has 7 rings (SSSR count). The van der Waals surface area contributed by atoms with E-state index in [-0.39, 0.29) is 5.91 Å². The number of ether oxygens (including phenoxy) is 1. The molecular formula is C34H35N3O3. The number of hydrogen-bond acceptors (Lipinski definition) is 3. The van der Waals surface area contributed by atoms with E-state index in [1.54, 1.807) is 0 Å². The average molecular weight is 534 g/mol. The number of carbonyl (C=O) groups excluding carboxylic acids is 2. The molecule has 0 bridgehead atoms. The second-order valence-corrected chi connectivity index (χ2v) is 10.7. The molecule has 0 unspecified atom stereocenters.